The van der Waals surface area contributed by atoms with Crippen LogP contribution in [0.5, 0.6) is 5.75 Å². The molecule has 1 aromatic carbocycles. The third-order valence-electron chi connectivity index (χ3n) is 2.38. The number of benzene rings is 1. The normalized spacial score (nSPS) is 11.0. The zero-order valence-electron chi connectivity index (χ0n) is 8.54. The average molecular weight is 223 g/mol. The molecule has 0 fully saturated rings. The summed E-state index contributed by atoms with van der Waals surface area (Å²) in [4.78, 5) is 13.9. The van der Waals surface area contributed by atoms with Crippen molar-refractivity contribution in [1.82, 2.24) is 4.98 Å². The molecule has 0 aliphatic rings. The number of fused-ring (bicyclic) bond motifs is 1. The van der Waals surface area contributed by atoms with Crippen LogP contribution in [-0.2, 0) is 6.42 Å². The monoisotopic (exact) mass is 223 g/mol. The van der Waals surface area contributed by atoms with Crippen LogP contribution in [0.4, 0.5) is 0 Å². The number of nitrogens with one attached hydrogen (secondary N) is 1. The SMILES string of the molecule is CCCCc1cc(O)cc2[nH]c(=O)sc12. The van der Waals surface area contributed by atoms with Crippen LogP contribution in [0, 0.1) is 0 Å². The summed E-state index contributed by atoms with van der Waals surface area (Å²) in [5, 5.41) is 9.50. The summed E-state index contributed by atoms with van der Waals surface area (Å²) in [5.74, 6) is 0.225. The van der Waals surface area contributed by atoms with Crippen molar-refractivity contribution in [1.29, 1.82) is 0 Å². The number of thiazole rings is 1. The fourth-order valence-electron chi connectivity index (χ4n) is 1.67. The summed E-state index contributed by atoms with van der Waals surface area (Å²) in [6.45, 7) is 2.12. The number of phenolic OH excluding ortho intramolecular Hbond substituents is 1. The molecule has 0 radical (unpaired) electrons. The Labute approximate surface area is 91.4 Å². The Balaban J connectivity index is 2.55. The van der Waals surface area contributed by atoms with Crippen LogP contribution in [0.15, 0.2) is 16.9 Å². The quantitative estimate of drug-likeness (QED) is 0.840. The van der Waals surface area contributed by atoms with E-state index >= 15 is 0 Å². The molecule has 0 aliphatic carbocycles. The zero-order chi connectivity index (χ0) is 10.8. The molecule has 80 valence electrons. The van der Waals surface area contributed by atoms with Crippen LogP contribution < -0.4 is 4.87 Å². The van der Waals surface area contributed by atoms with Gasteiger partial charge in [0, 0.05) is 6.07 Å². The molecular weight excluding hydrogens is 210 g/mol. The fraction of sp³-hybridized carbons (Fsp3) is 0.364. The fourth-order valence-corrected chi connectivity index (χ4v) is 2.52. The number of aromatic amines is 1. The van der Waals surface area contributed by atoms with Gasteiger partial charge in [-0.25, -0.2) is 0 Å². The Kier molecular flexibility index (Phi) is 2.77. The van der Waals surface area contributed by atoms with E-state index in [1.165, 1.54) is 11.3 Å². The lowest BCUT2D eigenvalue weighted by Gasteiger charge is -2.02. The second-order valence-corrected chi connectivity index (χ2v) is 4.58. The molecule has 4 heteroatoms. The lowest BCUT2D eigenvalue weighted by molar-refractivity contribution is 0.475. The summed E-state index contributed by atoms with van der Waals surface area (Å²) < 4.78 is 0.978. The predicted molar refractivity (Wildman–Crippen MR) is 62.7 cm³/mol. The van der Waals surface area contributed by atoms with Crippen LogP contribution in [0.25, 0.3) is 10.2 Å². The molecule has 0 amide bonds. The van der Waals surface area contributed by atoms with Crippen LogP contribution in [0.1, 0.15) is 25.3 Å². The van der Waals surface area contributed by atoms with Crippen molar-refractivity contribution in [3.05, 3.63) is 27.4 Å². The number of phenols is 1. The van der Waals surface area contributed by atoms with E-state index in [9.17, 15) is 9.90 Å². The van der Waals surface area contributed by atoms with Gasteiger partial charge in [0.2, 0.25) is 0 Å². The molecule has 0 bridgehead atoms. The molecule has 3 nitrogen and oxygen atoms in total. The van der Waals surface area contributed by atoms with E-state index in [1.807, 2.05) is 0 Å². The molecule has 0 spiro atoms. The number of aromatic nitrogens is 1. The highest BCUT2D eigenvalue weighted by Crippen LogP contribution is 2.26. The van der Waals surface area contributed by atoms with E-state index in [2.05, 4.69) is 11.9 Å². The minimum Gasteiger partial charge on any atom is -0.508 e. The molecule has 0 saturated heterocycles. The van der Waals surface area contributed by atoms with E-state index in [0.717, 1.165) is 35.0 Å². The van der Waals surface area contributed by atoms with Crippen molar-refractivity contribution in [2.45, 2.75) is 26.2 Å². The van der Waals surface area contributed by atoms with Gasteiger partial charge in [0.05, 0.1) is 10.2 Å². The summed E-state index contributed by atoms with van der Waals surface area (Å²) in [6.07, 6.45) is 3.09. The van der Waals surface area contributed by atoms with E-state index in [1.54, 1.807) is 12.1 Å². The van der Waals surface area contributed by atoms with Gasteiger partial charge in [0.15, 0.2) is 0 Å². The highest BCUT2D eigenvalue weighted by Gasteiger charge is 2.07. The molecule has 15 heavy (non-hydrogen) atoms. The summed E-state index contributed by atoms with van der Waals surface area (Å²) >= 11 is 1.22. The Hall–Kier alpha value is -1.29. The number of H-pyrrole nitrogens is 1. The first-order valence-electron chi connectivity index (χ1n) is 5.05. The summed E-state index contributed by atoms with van der Waals surface area (Å²) in [5.41, 5.74) is 1.81. The van der Waals surface area contributed by atoms with Gasteiger partial charge in [0.25, 0.3) is 0 Å². The number of aromatic hydroxyl groups is 1. The molecule has 2 N–H and O–H groups in total. The molecule has 0 unspecified atom stereocenters. The number of hydrogen-bond acceptors (Lipinski definition) is 3. The minimum absolute atomic E-state index is 0.0617. The zero-order valence-corrected chi connectivity index (χ0v) is 9.36. The highest BCUT2D eigenvalue weighted by atomic mass is 32.1. The predicted octanol–water partition coefficient (Wildman–Crippen LogP) is 2.64. The third-order valence-corrected chi connectivity index (χ3v) is 3.36. The smallest absolute Gasteiger partial charge is 0.305 e. The highest BCUT2D eigenvalue weighted by molar-refractivity contribution is 7.16. The Bertz CT molecular complexity index is 527. The lowest BCUT2D eigenvalue weighted by Crippen LogP contribution is -1.89. The topological polar surface area (TPSA) is 53.1 Å². The first-order valence-corrected chi connectivity index (χ1v) is 5.87. The molecule has 1 aromatic heterocycles. The van der Waals surface area contributed by atoms with Gasteiger partial charge in [-0.15, -0.1) is 0 Å². The summed E-state index contributed by atoms with van der Waals surface area (Å²) in [6, 6.07) is 3.35. The Morgan fingerprint density at radius 3 is 3.00 bits per heavy atom. The maximum Gasteiger partial charge on any atom is 0.305 e. The van der Waals surface area contributed by atoms with Crippen molar-refractivity contribution in [2.75, 3.05) is 0 Å². The minimum atomic E-state index is -0.0617. The van der Waals surface area contributed by atoms with Crippen LogP contribution in [0.3, 0.4) is 0 Å². The van der Waals surface area contributed by atoms with E-state index in [-0.39, 0.29) is 10.6 Å². The van der Waals surface area contributed by atoms with Crippen molar-refractivity contribution < 1.29 is 5.11 Å². The molecule has 0 saturated carbocycles. The van der Waals surface area contributed by atoms with E-state index in [0.29, 0.717) is 0 Å². The average Bonchev–Trinajstić information content (AvgIpc) is 2.54. The van der Waals surface area contributed by atoms with Gasteiger partial charge in [-0.2, -0.15) is 0 Å². The van der Waals surface area contributed by atoms with Gasteiger partial charge in [0.1, 0.15) is 5.75 Å². The van der Waals surface area contributed by atoms with Gasteiger partial charge in [-0.05, 0) is 24.5 Å². The first-order chi connectivity index (χ1) is 7.20. The maximum atomic E-state index is 11.2. The van der Waals surface area contributed by atoms with Crippen molar-refractivity contribution in [3.63, 3.8) is 0 Å². The summed E-state index contributed by atoms with van der Waals surface area (Å²) in [7, 11) is 0. The molecule has 2 aromatic rings. The van der Waals surface area contributed by atoms with Crippen LogP contribution in [-0.4, -0.2) is 10.1 Å². The van der Waals surface area contributed by atoms with Crippen molar-refractivity contribution in [2.24, 2.45) is 0 Å². The number of aryl methyl sites for hydroxylation is 1. The van der Waals surface area contributed by atoms with E-state index in [4.69, 9.17) is 0 Å². The number of hydrogen-bond donors (Lipinski definition) is 2. The van der Waals surface area contributed by atoms with Gasteiger partial charge in [-0.1, -0.05) is 24.7 Å². The van der Waals surface area contributed by atoms with Crippen LogP contribution in [0.2, 0.25) is 0 Å². The molecular formula is C11H13NO2S. The Morgan fingerprint density at radius 1 is 1.47 bits per heavy atom. The van der Waals surface area contributed by atoms with Crippen LogP contribution >= 0.6 is 11.3 Å². The van der Waals surface area contributed by atoms with Gasteiger partial charge in [-0.3, -0.25) is 4.79 Å². The Morgan fingerprint density at radius 2 is 2.27 bits per heavy atom. The van der Waals surface area contributed by atoms with E-state index < -0.39 is 0 Å². The standard InChI is InChI=1S/C11H13NO2S/c1-2-3-4-7-5-8(13)6-9-10(7)15-11(14)12-9/h5-6,13H,2-4H2,1H3,(H,12,14). The molecule has 1 heterocycles. The molecule has 0 atom stereocenters. The maximum absolute atomic E-state index is 11.2. The second kappa shape index (κ2) is 4.06. The largest absolute Gasteiger partial charge is 0.508 e. The number of rotatable bonds is 3. The molecule has 0 aliphatic heterocycles. The molecule has 2 rings (SSSR count). The number of unbranched alkanes of at least 4 members (excludes halogenated alkanes) is 1. The van der Waals surface area contributed by atoms with Gasteiger partial charge < -0.3 is 10.1 Å². The van der Waals surface area contributed by atoms with Crippen molar-refractivity contribution >= 4 is 21.6 Å². The lowest BCUT2D eigenvalue weighted by atomic mass is 10.1. The first kappa shape index (κ1) is 10.2. The third kappa shape index (κ3) is 2.04. The van der Waals surface area contributed by atoms with Crippen molar-refractivity contribution in [3.8, 4) is 5.75 Å². The van der Waals surface area contributed by atoms with Gasteiger partial charge >= 0.3 is 4.87 Å². The second-order valence-electron chi connectivity index (χ2n) is 3.60.